The lowest BCUT2D eigenvalue weighted by molar-refractivity contribution is 0.0365. The zero-order valence-corrected chi connectivity index (χ0v) is 21.5. The third-order valence-electron chi connectivity index (χ3n) is 9.95. The fraction of sp³-hybridized carbons (Fsp3) is 0.533. The number of carbonyl (C=O) groups excluding carboxylic acids is 4. The molecule has 2 saturated carbocycles. The van der Waals surface area contributed by atoms with Gasteiger partial charge < -0.3 is 0 Å². The van der Waals surface area contributed by atoms with Crippen LogP contribution in [0.5, 0.6) is 0 Å². The van der Waals surface area contributed by atoms with Crippen LogP contribution in [0.4, 0.5) is 0 Å². The van der Waals surface area contributed by atoms with E-state index in [9.17, 15) is 19.2 Å². The van der Waals surface area contributed by atoms with E-state index in [1.807, 2.05) is 0 Å². The smallest absolute Gasteiger partial charge is 0.261 e. The Hall–Kier alpha value is -3.02. The van der Waals surface area contributed by atoms with Crippen LogP contribution in [0.2, 0.25) is 0 Å². The zero-order valence-electron chi connectivity index (χ0n) is 21.5. The Morgan fingerprint density at radius 1 is 0.528 bits per heavy atom. The highest BCUT2D eigenvalue weighted by Gasteiger charge is 2.46. The van der Waals surface area contributed by atoms with Gasteiger partial charge in [-0.2, -0.15) is 0 Å². The minimum absolute atomic E-state index is 0.141. The van der Waals surface area contributed by atoms with Gasteiger partial charge in [0.25, 0.3) is 23.6 Å². The summed E-state index contributed by atoms with van der Waals surface area (Å²) < 4.78 is 0. The van der Waals surface area contributed by atoms with Crippen LogP contribution in [0.25, 0.3) is 10.8 Å². The van der Waals surface area contributed by atoms with Gasteiger partial charge >= 0.3 is 0 Å². The highest BCUT2D eigenvalue weighted by Crippen LogP contribution is 2.43. The van der Waals surface area contributed by atoms with E-state index in [0.29, 0.717) is 44.9 Å². The lowest BCUT2D eigenvalue weighted by Crippen LogP contribution is -2.53. The maximum absolute atomic E-state index is 13.8. The van der Waals surface area contributed by atoms with Gasteiger partial charge in [0.1, 0.15) is 0 Å². The minimum atomic E-state index is -0.306. The number of benzene rings is 2. The second-order valence-corrected chi connectivity index (χ2v) is 11.7. The molecule has 2 aliphatic heterocycles. The first-order valence-electron chi connectivity index (χ1n) is 13.6. The zero-order chi connectivity index (χ0) is 25.5. The monoisotopic (exact) mass is 486 g/mol. The van der Waals surface area contributed by atoms with Gasteiger partial charge in [0.05, 0.1) is 0 Å². The van der Waals surface area contributed by atoms with E-state index in [4.69, 9.17) is 0 Å². The molecule has 0 saturated heterocycles. The van der Waals surface area contributed by atoms with Crippen molar-refractivity contribution in [1.29, 1.82) is 0 Å². The number of hydrogen-bond donors (Lipinski definition) is 0. The predicted molar refractivity (Wildman–Crippen MR) is 137 cm³/mol. The number of nitrogens with zero attached hydrogens (tertiary/aromatic N) is 2. The molecular weight excluding hydrogens is 452 g/mol. The first kappa shape index (κ1) is 23.4. The second kappa shape index (κ2) is 8.25. The first-order chi connectivity index (χ1) is 17.2. The molecule has 4 aliphatic rings. The number of rotatable bonds is 2. The summed E-state index contributed by atoms with van der Waals surface area (Å²) >= 11 is 0. The van der Waals surface area contributed by atoms with Crippen molar-refractivity contribution in [2.24, 2.45) is 23.7 Å². The maximum atomic E-state index is 13.8. The number of hydrogen-bond acceptors (Lipinski definition) is 4. The molecule has 6 atom stereocenters. The normalized spacial score (nSPS) is 32.4. The van der Waals surface area contributed by atoms with Crippen LogP contribution in [0.15, 0.2) is 24.3 Å². The Bertz CT molecular complexity index is 1160. The van der Waals surface area contributed by atoms with Gasteiger partial charge in [-0.3, -0.25) is 29.0 Å². The molecule has 6 rings (SSSR count). The summed E-state index contributed by atoms with van der Waals surface area (Å²) in [5.74, 6) is 0.0895. The fourth-order valence-corrected chi connectivity index (χ4v) is 7.35. The van der Waals surface area contributed by atoms with Gasteiger partial charge in [-0.05, 0) is 60.8 Å². The molecule has 188 valence electrons. The highest BCUT2D eigenvalue weighted by atomic mass is 16.2. The molecule has 0 N–H and O–H groups in total. The number of carbonyl (C=O) groups is 4. The Labute approximate surface area is 212 Å². The molecule has 0 bridgehead atoms. The van der Waals surface area contributed by atoms with Gasteiger partial charge in [0.2, 0.25) is 0 Å². The SMILES string of the molecule is C[C@@H]1[C@H](N2C(=O)c3ccc4c5c(ccc(c35)C2=O)C(=O)N([C@H]2CCC[C@H](C)[C@H]2C)C4=O)CCC[C@@H]1C. The van der Waals surface area contributed by atoms with Gasteiger partial charge in [-0.25, -0.2) is 0 Å². The fourth-order valence-electron chi connectivity index (χ4n) is 7.35. The van der Waals surface area contributed by atoms with Gasteiger partial charge in [-0.1, -0.05) is 53.4 Å². The molecule has 2 aromatic carbocycles. The lowest BCUT2D eigenvalue weighted by Gasteiger charge is -2.43. The summed E-state index contributed by atoms with van der Waals surface area (Å²) in [4.78, 5) is 58.0. The van der Waals surface area contributed by atoms with Crippen LogP contribution in [0.1, 0.15) is 108 Å². The van der Waals surface area contributed by atoms with Crippen LogP contribution < -0.4 is 0 Å². The van der Waals surface area contributed by atoms with Crippen molar-refractivity contribution in [1.82, 2.24) is 9.80 Å². The second-order valence-electron chi connectivity index (χ2n) is 11.7. The summed E-state index contributed by atoms with van der Waals surface area (Å²) in [6, 6.07) is 6.51. The van der Waals surface area contributed by atoms with Crippen molar-refractivity contribution < 1.29 is 19.2 Å². The first-order valence-corrected chi connectivity index (χ1v) is 13.6. The Morgan fingerprint density at radius 2 is 0.833 bits per heavy atom. The molecule has 6 heteroatoms. The van der Waals surface area contributed by atoms with Crippen molar-refractivity contribution in [2.75, 3.05) is 0 Å². The van der Waals surface area contributed by atoms with E-state index in [-0.39, 0.29) is 47.5 Å². The lowest BCUT2D eigenvalue weighted by atomic mass is 9.75. The van der Waals surface area contributed by atoms with E-state index in [2.05, 4.69) is 27.7 Å². The summed E-state index contributed by atoms with van der Waals surface area (Å²) in [6.07, 6.45) is 5.80. The Kier molecular flexibility index (Phi) is 5.36. The number of amides is 4. The van der Waals surface area contributed by atoms with Gasteiger partial charge in [-0.15, -0.1) is 0 Å². The molecule has 0 unspecified atom stereocenters. The Morgan fingerprint density at radius 3 is 1.14 bits per heavy atom. The maximum Gasteiger partial charge on any atom is 0.261 e. The standard InChI is InChI=1S/C30H34N2O4/c1-15-7-5-9-23(17(15)3)31-27(33)19-11-13-21-26-22(14-12-20(25(19)26)28(31)34)30(36)32(29(21)35)24-10-6-8-16(2)18(24)4/h11-18,23-24H,5-10H2,1-4H3/t15-,16-,17-,18+,23+,24-/m0/s1. The molecule has 0 spiro atoms. The van der Waals surface area contributed by atoms with Gasteiger partial charge in [0.15, 0.2) is 0 Å². The minimum Gasteiger partial charge on any atom is -0.271 e. The summed E-state index contributed by atoms with van der Waals surface area (Å²) in [5.41, 5.74) is 1.68. The van der Waals surface area contributed by atoms with Crippen molar-refractivity contribution in [3.05, 3.63) is 46.5 Å². The molecule has 2 fully saturated rings. The molecule has 4 amide bonds. The molecule has 2 heterocycles. The average Bonchev–Trinajstić information content (AvgIpc) is 2.86. The van der Waals surface area contributed by atoms with Crippen LogP contribution in [-0.4, -0.2) is 45.5 Å². The highest BCUT2D eigenvalue weighted by molar-refractivity contribution is 6.33. The molecule has 0 radical (unpaired) electrons. The van der Waals surface area contributed by atoms with E-state index < -0.39 is 0 Å². The number of imide groups is 2. The molecule has 2 aliphatic carbocycles. The summed E-state index contributed by atoms with van der Waals surface area (Å²) in [7, 11) is 0. The van der Waals surface area contributed by atoms with E-state index in [0.717, 1.165) is 38.5 Å². The largest absolute Gasteiger partial charge is 0.271 e. The Balaban J connectivity index is 1.47. The van der Waals surface area contributed by atoms with Crippen LogP contribution in [0, 0.1) is 23.7 Å². The predicted octanol–water partition coefficient (Wildman–Crippen LogP) is 5.68. The quantitative estimate of drug-likeness (QED) is 0.512. The van der Waals surface area contributed by atoms with Crippen molar-refractivity contribution in [3.63, 3.8) is 0 Å². The van der Waals surface area contributed by atoms with Crippen LogP contribution in [-0.2, 0) is 0 Å². The topological polar surface area (TPSA) is 74.8 Å². The molecule has 2 aromatic rings. The van der Waals surface area contributed by atoms with E-state index >= 15 is 0 Å². The molecule has 6 nitrogen and oxygen atoms in total. The van der Waals surface area contributed by atoms with E-state index in [1.54, 1.807) is 24.3 Å². The average molecular weight is 487 g/mol. The third kappa shape index (κ3) is 3.09. The summed E-state index contributed by atoms with van der Waals surface area (Å²) in [5, 5.41) is 0.943. The molecule has 0 aromatic heterocycles. The third-order valence-corrected chi connectivity index (χ3v) is 9.95. The van der Waals surface area contributed by atoms with Crippen LogP contribution >= 0.6 is 0 Å². The van der Waals surface area contributed by atoms with Crippen molar-refractivity contribution >= 4 is 34.4 Å². The molecular formula is C30H34N2O4. The van der Waals surface area contributed by atoms with E-state index in [1.165, 1.54) is 9.80 Å². The summed E-state index contributed by atoms with van der Waals surface area (Å²) in [6.45, 7) is 8.63. The van der Waals surface area contributed by atoms with Crippen molar-refractivity contribution in [2.45, 2.75) is 78.3 Å². The molecule has 36 heavy (non-hydrogen) atoms. The van der Waals surface area contributed by atoms with Crippen LogP contribution in [0.3, 0.4) is 0 Å². The van der Waals surface area contributed by atoms with Crippen molar-refractivity contribution in [3.8, 4) is 0 Å². The van der Waals surface area contributed by atoms with Gasteiger partial charge in [0, 0.05) is 45.1 Å².